The zero-order valence-electron chi connectivity index (χ0n) is 18.3. The van der Waals surface area contributed by atoms with E-state index in [1.54, 1.807) is 4.68 Å². The van der Waals surface area contributed by atoms with Gasteiger partial charge in [0.15, 0.2) is 0 Å². The van der Waals surface area contributed by atoms with Gasteiger partial charge in [0.2, 0.25) is 0 Å². The summed E-state index contributed by atoms with van der Waals surface area (Å²) in [6, 6.07) is 0.169. The number of nitrogens with zero attached hydrogens (tertiary/aromatic N) is 4. The number of nitrogens with one attached hydrogen (secondary N) is 2. The lowest BCUT2D eigenvalue weighted by molar-refractivity contribution is 0.253. The Morgan fingerprint density at radius 3 is 2.87 bits per heavy atom. The summed E-state index contributed by atoms with van der Waals surface area (Å²) < 4.78 is 7.04. The highest BCUT2D eigenvalue weighted by molar-refractivity contribution is 7.99. The van der Waals surface area contributed by atoms with Crippen LogP contribution in [0.2, 0.25) is 0 Å². The van der Waals surface area contributed by atoms with Gasteiger partial charge in [0.25, 0.3) is 0 Å². The Labute approximate surface area is 187 Å². The molecule has 1 aliphatic heterocycles. The highest BCUT2D eigenvalue weighted by atomic mass is 32.2. The first-order chi connectivity index (χ1) is 14.4. The van der Waals surface area contributed by atoms with Crippen molar-refractivity contribution in [1.82, 2.24) is 19.4 Å². The number of likely N-dealkylation sites (tertiary alicyclic amines) is 1. The van der Waals surface area contributed by atoms with Crippen LogP contribution in [0.25, 0.3) is 0 Å². The molecule has 164 valence electrons. The molecule has 0 saturated carbocycles. The number of hydrogen-bond acceptors (Lipinski definition) is 6. The van der Waals surface area contributed by atoms with E-state index in [9.17, 15) is 4.79 Å². The number of thiophene rings is 1. The quantitative estimate of drug-likeness (QED) is 0.642. The van der Waals surface area contributed by atoms with Gasteiger partial charge >= 0.3 is 6.03 Å². The van der Waals surface area contributed by atoms with Gasteiger partial charge in [-0.3, -0.25) is 13.7 Å². The normalized spacial score (nSPS) is 19.2. The lowest BCUT2D eigenvalue weighted by Crippen LogP contribution is -2.45. The highest BCUT2D eigenvalue weighted by Gasteiger charge is 2.28. The van der Waals surface area contributed by atoms with E-state index in [0.29, 0.717) is 12.0 Å². The first kappa shape index (κ1) is 21.5. The Bertz CT molecular complexity index is 892. The second kappa shape index (κ2) is 9.20. The molecule has 1 unspecified atom stereocenters. The molecule has 0 spiro atoms. The van der Waals surface area contributed by atoms with Crippen molar-refractivity contribution in [2.24, 2.45) is 7.05 Å². The lowest BCUT2D eigenvalue weighted by atomic mass is 10.1. The maximum Gasteiger partial charge on any atom is 0.330 e. The van der Waals surface area contributed by atoms with Crippen LogP contribution in [0.5, 0.6) is 0 Å². The van der Waals surface area contributed by atoms with E-state index >= 15 is 0 Å². The van der Waals surface area contributed by atoms with Crippen LogP contribution in [0.4, 0.5) is 16.2 Å². The summed E-state index contributed by atoms with van der Waals surface area (Å²) in [4.78, 5) is 18.0. The summed E-state index contributed by atoms with van der Waals surface area (Å²) in [6.45, 7) is 6.49. The first-order valence-corrected chi connectivity index (χ1v) is 12.4. The molecule has 2 aromatic heterocycles. The van der Waals surface area contributed by atoms with Crippen LogP contribution in [-0.4, -0.2) is 46.9 Å². The SMILES string of the molecule is CC(C)c1sc2c(c1NC(=O)NSN(c1cnn(C)c1)C1CCCN(C)C1)CCC2. The molecule has 30 heavy (non-hydrogen) atoms. The first-order valence-electron chi connectivity index (χ1n) is 10.8. The van der Waals surface area contributed by atoms with Crippen LogP contribution in [0.15, 0.2) is 12.4 Å². The zero-order valence-corrected chi connectivity index (χ0v) is 19.9. The van der Waals surface area contributed by atoms with Crippen LogP contribution < -0.4 is 14.3 Å². The third kappa shape index (κ3) is 4.63. The molecule has 0 radical (unpaired) electrons. The predicted molar refractivity (Wildman–Crippen MR) is 126 cm³/mol. The van der Waals surface area contributed by atoms with Crippen molar-refractivity contribution in [2.75, 3.05) is 29.8 Å². The van der Waals surface area contributed by atoms with Crippen molar-refractivity contribution in [2.45, 2.75) is 57.9 Å². The standard InChI is InChI=1S/C21H32N6OS2/c1-14(2)20-19(17-8-5-9-18(17)29-20)23-21(28)24-30-27(16-11-22-26(4)13-16)15-7-6-10-25(3)12-15/h11,13-15H,5-10,12H2,1-4H3,(H2,23,24,28). The molecular formula is C21H32N6OS2. The number of rotatable bonds is 6. The van der Waals surface area contributed by atoms with Crippen LogP contribution in [0.3, 0.4) is 0 Å². The van der Waals surface area contributed by atoms with Gasteiger partial charge in [-0.05, 0) is 57.2 Å². The van der Waals surface area contributed by atoms with E-state index in [4.69, 9.17) is 0 Å². The fourth-order valence-electron chi connectivity index (χ4n) is 4.39. The van der Waals surface area contributed by atoms with Gasteiger partial charge in [-0.2, -0.15) is 5.10 Å². The molecule has 7 nitrogen and oxygen atoms in total. The second-order valence-electron chi connectivity index (χ2n) is 8.66. The van der Waals surface area contributed by atoms with Gasteiger partial charge in [0, 0.05) is 29.5 Å². The molecule has 0 bridgehead atoms. The molecule has 2 aromatic rings. The maximum absolute atomic E-state index is 12.9. The van der Waals surface area contributed by atoms with Gasteiger partial charge in [-0.15, -0.1) is 11.3 Å². The van der Waals surface area contributed by atoms with Crippen molar-refractivity contribution in [3.63, 3.8) is 0 Å². The lowest BCUT2D eigenvalue weighted by Gasteiger charge is -2.37. The summed E-state index contributed by atoms with van der Waals surface area (Å²) in [7, 11) is 4.08. The van der Waals surface area contributed by atoms with Crippen molar-refractivity contribution in [3.8, 4) is 0 Å². The number of carbonyl (C=O) groups excluding carboxylic acids is 1. The minimum absolute atomic E-state index is 0.160. The van der Waals surface area contributed by atoms with Crippen LogP contribution in [-0.2, 0) is 19.9 Å². The Balaban J connectivity index is 1.46. The van der Waals surface area contributed by atoms with Crippen molar-refractivity contribution >= 4 is 40.9 Å². The molecule has 1 aliphatic carbocycles. The number of hydrogen-bond donors (Lipinski definition) is 2. The van der Waals surface area contributed by atoms with Gasteiger partial charge in [0.05, 0.1) is 35.7 Å². The fraction of sp³-hybridized carbons (Fsp3) is 0.619. The number of urea groups is 1. The smallest absolute Gasteiger partial charge is 0.306 e. The molecule has 4 rings (SSSR count). The molecule has 1 atom stereocenters. The number of aryl methyl sites for hydroxylation is 2. The Morgan fingerprint density at radius 2 is 2.17 bits per heavy atom. The molecule has 1 saturated heterocycles. The van der Waals surface area contributed by atoms with Crippen LogP contribution in [0.1, 0.15) is 54.3 Å². The Kier molecular flexibility index (Phi) is 6.60. The van der Waals surface area contributed by atoms with Crippen molar-refractivity contribution in [1.29, 1.82) is 0 Å². The molecule has 1 fully saturated rings. The number of anilines is 2. The van der Waals surface area contributed by atoms with E-state index < -0.39 is 0 Å². The summed E-state index contributed by atoms with van der Waals surface area (Å²) in [5.74, 6) is 0.410. The van der Waals surface area contributed by atoms with E-state index in [1.165, 1.54) is 33.9 Å². The van der Waals surface area contributed by atoms with Crippen molar-refractivity contribution in [3.05, 3.63) is 27.7 Å². The molecule has 0 aromatic carbocycles. The third-order valence-corrected chi connectivity index (χ3v) is 8.40. The predicted octanol–water partition coefficient (Wildman–Crippen LogP) is 4.38. The van der Waals surface area contributed by atoms with E-state index in [-0.39, 0.29) is 6.03 Å². The number of aromatic nitrogens is 2. The van der Waals surface area contributed by atoms with Gasteiger partial charge in [-0.1, -0.05) is 13.8 Å². The third-order valence-electron chi connectivity index (χ3n) is 5.83. The number of likely N-dealkylation sites (N-methyl/N-ethyl adjacent to an activating group) is 1. The van der Waals surface area contributed by atoms with Gasteiger partial charge in [0.1, 0.15) is 0 Å². The number of carbonyl (C=O) groups is 1. The van der Waals surface area contributed by atoms with Crippen molar-refractivity contribution < 1.29 is 4.79 Å². The summed E-state index contributed by atoms with van der Waals surface area (Å²) in [5, 5.41) is 7.51. The summed E-state index contributed by atoms with van der Waals surface area (Å²) in [5.41, 5.74) is 3.41. The van der Waals surface area contributed by atoms with E-state index in [1.807, 2.05) is 30.8 Å². The largest absolute Gasteiger partial charge is 0.330 e. The average molecular weight is 449 g/mol. The minimum Gasteiger partial charge on any atom is -0.306 e. The monoisotopic (exact) mass is 448 g/mol. The van der Waals surface area contributed by atoms with Gasteiger partial charge in [-0.25, -0.2) is 4.79 Å². The average Bonchev–Trinajstić information content (AvgIpc) is 3.40. The molecule has 9 heteroatoms. The van der Waals surface area contributed by atoms with Crippen LogP contribution >= 0.6 is 23.5 Å². The number of piperidine rings is 1. The molecule has 2 amide bonds. The Morgan fingerprint density at radius 1 is 1.33 bits per heavy atom. The summed E-state index contributed by atoms with van der Waals surface area (Å²) >= 11 is 3.24. The van der Waals surface area contributed by atoms with Gasteiger partial charge < -0.3 is 10.2 Å². The highest BCUT2D eigenvalue weighted by Crippen LogP contribution is 2.42. The van der Waals surface area contributed by atoms with E-state index in [2.05, 4.69) is 45.2 Å². The molecule has 3 heterocycles. The molecule has 2 N–H and O–H groups in total. The number of amides is 2. The van der Waals surface area contributed by atoms with Crippen LogP contribution in [0, 0.1) is 0 Å². The molecule has 2 aliphatic rings. The van der Waals surface area contributed by atoms with E-state index in [0.717, 1.165) is 50.1 Å². The minimum atomic E-state index is -0.160. The maximum atomic E-state index is 12.9. The second-order valence-corrected chi connectivity index (χ2v) is 10.6. The number of fused-ring (bicyclic) bond motifs is 1. The topological polar surface area (TPSA) is 65.4 Å². The Hall–Kier alpha value is -1.71. The zero-order chi connectivity index (χ0) is 21.3. The molecular weight excluding hydrogens is 416 g/mol. The summed E-state index contributed by atoms with van der Waals surface area (Å²) in [6.07, 6.45) is 9.52. The fourth-order valence-corrected chi connectivity index (χ4v) is 6.49.